The van der Waals surface area contributed by atoms with Gasteiger partial charge in [0.05, 0.1) is 10.9 Å². The van der Waals surface area contributed by atoms with Crippen molar-refractivity contribution < 1.29 is 0 Å². The number of aromatic nitrogens is 2. The molecule has 0 bridgehead atoms. The van der Waals surface area contributed by atoms with Crippen molar-refractivity contribution in [3.05, 3.63) is 57.8 Å². The number of nitrogens with two attached hydrogens (primary N) is 1. The van der Waals surface area contributed by atoms with E-state index in [4.69, 9.17) is 17.3 Å². The molecule has 0 saturated heterocycles. The summed E-state index contributed by atoms with van der Waals surface area (Å²) in [4.78, 5) is 19.1. The lowest BCUT2D eigenvalue weighted by atomic mass is 10.1. The summed E-state index contributed by atoms with van der Waals surface area (Å²) in [5.74, 6) is 0.442. The van der Waals surface area contributed by atoms with Gasteiger partial charge in [-0.25, -0.2) is 4.98 Å². The summed E-state index contributed by atoms with van der Waals surface area (Å²) in [6.45, 7) is 0. The lowest BCUT2D eigenvalue weighted by Crippen LogP contribution is -2.10. The molecule has 4 nitrogen and oxygen atoms in total. The number of benzene rings is 2. The Kier molecular flexibility index (Phi) is 2.72. The van der Waals surface area contributed by atoms with E-state index in [1.165, 1.54) is 0 Å². The molecule has 0 saturated carbocycles. The molecule has 1 aromatic heterocycles. The fraction of sp³-hybridized carbons (Fsp3) is 0. The fourth-order valence-corrected chi connectivity index (χ4v) is 2.14. The highest BCUT2D eigenvalue weighted by Gasteiger charge is 2.08. The van der Waals surface area contributed by atoms with E-state index in [2.05, 4.69) is 9.97 Å². The largest absolute Gasteiger partial charge is 0.398 e. The van der Waals surface area contributed by atoms with Crippen LogP contribution in [0.2, 0.25) is 5.02 Å². The van der Waals surface area contributed by atoms with E-state index >= 15 is 0 Å². The van der Waals surface area contributed by atoms with Crippen LogP contribution < -0.4 is 11.3 Å². The van der Waals surface area contributed by atoms with Crippen molar-refractivity contribution >= 4 is 28.2 Å². The summed E-state index contributed by atoms with van der Waals surface area (Å²) in [6, 6.07) is 12.2. The number of rotatable bonds is 1. The second-order valence-corrected chi connectivity index (χ2v) is 4.60. The Morgan fingerprint density at radius 1 is 1.16 bits per heavy atom. The van der Waals surface area contributed by atoms with Crippen molar-refractivity contribution in [2.45, 2.75) is 0 Å². The zero-order valence-corrected chi connectivity index (χ0v) is 10.6. The summed E-state index contributed by atoms with van der Waals surface area (Å²) in [6.07, 6.45) is 0. The van der Waals surface area contributed by atoms with E-state index in [1.54, 1.807) is 36.4 Å². The first-order valence-corrected chi connectivity index (χ1v) is 6.07. The van der Waals surface area contributed by atoms with Gasteiger partial charge in [-0.15, -0.1) is 0 Å². The third kappa shape index (κ3) is 2.06. The van der Waals surface area contributed by atoms with Crippen LogP contribution in [-0.4, -0.2) is 9.97 Å². The lowest BCUT2D eigenvalue weighted by Gasteiger charge is -2.06. The number of halogens is 1. The number of para-hydroxylation sites is 1. The molecule has 0 spiro atoms. The van der Waals surface area contributed by atoms with Crippen LogP contribution in [0.5, 0.6) is 0 Å². The molecule has 0 unspecified atom stereocenters. The van der Waals surface area contributed by atoms with Gasteiger partial charge in [-0.1, -0.05) is 23.7 Å². The maximum Gasteiger partial charge on any atom is 0.259 e. The Morgan fingerprint density at radius 2 is 1.95 bits per heavy atom. The normalized spacial score (nSPS) is 10.8. The minimum Gasteiger partial charge on any atom is -0.398 e. The fourth-order valence-electron chi connectivity index (χ4n) is 1.96. The molecule has 1 heterocycles. The molecule has 3 N–H and O–H groups in total. The van der Waals surface area contributed by atoms with Gasteiger partial charge in [0.1, 0.15) is 5.82 Å². The van der Waals surface area contributed by atoms with Gasteiger partial charge in [0, 0.05) is 16.3 Å². The van der Waals surface area contributed by atoms with Crippen molar-refractivity contribution in [1.82, 2.24) is 9.97 Å². The predicted molar refractivity (Wildman–Crippen MR) is 77.2 cm³/mol. The molecule has 0 aliphatic rings. The Balaban J connectivity index is 2.28. The number of nitrogens with zero attached hydrogens (tertiary/aromatic N) is 1. The third-order valence-electron chi connectivity index (χ3n) is 2.88. The molecule has 0 aliphatic carbocycles. The van der Waals surface area contributed by atoms with Crippen molar-refractivity contribution in [2.75, 3.05) is 5.73 Å². The van der Waals surface area contributed by atoms with Crippen LogP contribution in [0, 0.1) is 0 Å². The topological polar surface area (TPSA) is 71.8 Å². The number of fused-ring (bicyclic) bond motifs is 1. The molecule has 2 aromatic carbocycles. The SMILES string of the molecule is Nc1cc(Cl)ccc1-c1nc2ccccc2c(=O)[nH]1. The molecule has 94 valence electrons. The first-order valence-electron chi connectivity index (χ1n) is 5.69. The Morgan fingerprint density at radius 3 is 2.74 bits per heavy atom. The average Bonchev–Trinajstić information content (AvgIpc) is 2.38. The van der Waals surface area contributed by atoms with Gasteiger partial charge in [0.15, 0.2) is 0 Å². The van der Waals surface area contributed by atoms with Crippen LogP contribution >= 0.6 is 11.6 Å². The summed E-state index contributed by atoms with van der Waals surface area (Å²) in [7, 11) is 0. The van der Waals surface area contributed by atoms with E-state index in [0.29, 0.717) is 33.0 Å². The Bertz CT molecular complexity index is 826. The van der Waals surface area contributed by atoms with Gasteiger partial charge in [-0.3, -0.25) is 4.79 Å². The molecule has 3 aromatic rings. The maximum atomic E-state index is 12.0. The maximum absolute atomic E-state index is 12.0. The highest BCUT2D eigenvalue weighted by Crippen LogP contribution is 2.25. The molecule has 0 radical (unpaired) electrons. The zero-order valence-electron chi connectivity index (χ0n) is 9.85. The molecule has 5 heteroatoms. The average molecular weight is 272 g/mol. The monoisotopic (exact) mass is 271 g/mol. The molecular weight excluding hydrogens is 262 g/mol. The summed E-state index contributed by atoms with van der Waals surface area (Å²) in [5, 5.41) is 1.10. The van der Waals surface area contributed by atoms with Crippen LogP contribution in [0.15, 0.2) is 47.3 Å². The van der Waals surface area contributed by atoms with Gasteiger partial charge < -0.3 is 10.7 Å². The van der Waals surface area contributed by atoms with E-state index in [0.717, 1.165) is 0 Å². The number of hydrogen-bond donors (Lipinski definition) is 2. The molecule has 0 aliphatic heterocycles. The van der Waals surface area contributed by atoms with Gasteiger partial charge in [-0.05, 0) is 30.3 Å². The molecular formula is C14H10ClN3O. The number of nitrogens with one attached hydrogen (secondary N) is 1. The van der Waals surface area contributed by atoms with Crippen LogP contribution in [0.3, 0.4) is 0 Å². The standard InChI is InChI=1S/C14H10ClN3O/c15-8-5-6-9(11(16)7-8)13-17-12-4-2-1-3-10(12)14(19)18-13/h1-7H,16H2,(H,17,18,19). The highest BCUT2D eigenvalue weighted by atomic mass is 35.5. The summed E-state index contributed by atoms with van der Waals surface area (Å²) >= 11 is 5.86. The number of H-pyrrole nitrogens is 1. The second-order valence-electron chi connectivity index (χ2n) is 4.16. The summed E-state index contributed by atoms with van der Waals surface area (Å²) in [5.41, 5.74) is 7.49. The zero-order chi connectivity index (χ0) is 13.4. The molecule has 19 heavy (non-hydrogen) atoms. The van der Waals surface area contributed by atoms with Crippen LogP contribution in [0.25, 0.3) is 22.3 Å². The van der Waals surface area contributed by atoms with Gasteiger partial charge >= 0.3 is 0 Å². The Labute approximate surface area is 113 Å². The van der Waals surface area contributed by atoms with Crippen molar-refractivity contribution in [3.63, 3.8) is 0 Å². The number of hydrogen-bond acceptors (Lipinski definition) is 3. The van der Waals surface area contributed by atoms with E-state index < -0.39 is 0 Å². The van der Waals surface area contributed by atoms with Crippen molar-refractivity contribution in [2.24, 2.45) is 0 Å². The predicted octanol–water partition coefficient (Wildman–Crippen LogP) is 2.83. The minimum atomic E-state index is -0.185. The second kappa shape index (κ2) is 4.40. The smallest absolute Gasteiger partial charge is 0.259 e. The first-order chi connectivity index (χ1) is 9.15. The van der Waals surface area contributed by atoms with E-state index in [1.807, 2.05) is 6.07 Å². The van der Waals surface area contributed by atoms with Crippen LogP contribution in [-0.2, 0) is 0 Å². The van der Waals surface area contributed by atoms with Crippen molar-refractivity contribution in [3.8, 4) is 11.4 Å². The molecule has 0 atom stereocenters. The Hall–Kier alpha value is -2.33. The van der Waals surface area contributed by atoms with Gasteiger partial charge in [0.2, 0.25) is 0 Å². The highest BCUT2D eigenvalue weighted by molar-refractivity contribution is 6.31. The van der Waals surface area contributed by atoms with E-state index in [-0.39, 0.29) is 5.56 Å². The van der Waals surface area contributed by atoms with E-state index in [9.17, 15) is 4.79 Å². The van der Waals surface area contributed by atoms with Crippen LogP contribution in [0.1, 0.15) is 0 Å². The molecule has 3 rings (SSSR count). The number of anilines is 1. The molecule has 0 fully saturated rings. The minimum absolute atomic E-state index is 0.185. The lowest BCUT2D eigenvalue weighted by molar-refractivity contribution is 1.18. The molecule has 0 amide bonds. The van der Waals surface area contributed by atoms with Gasteiger partial charge in [0.25, 0.3) is 5.56 Å². The van der Waals surface area contributed by atoms with Gasteiger partial charge in [-0.2, -0.15) is 0 Å². The number of nitrogen functional groups attached to an aromatic ring is 1. The third-order valence-corrected chi connectivity index (χ3v) is 3.12. The number of aromatic amines is 1. The quantitative estimate of drug-likeness (QED) is 0.669. The summed E-state index contributed by atoms with van der Waals surface area (Å²) < 4.78 is 0. The van der Waals surface area contributed by atoms with Crippen molar-refractivity contribution in [1.29, 1.82) is 0 Å². The van der Waals surface area contributed by atoms with Crippen LogP contribution in [0.4, 0.5) is 5.69 Å². The first kappa shape index (κ1) is 11.7.